The van der Waals surface area contributed by atoms with Gasteiger partial charge in [0, 0.05) is 51.5 Å². The summed E-state index contributed by atoms with van der Waals surface area (Å²) < 4.78 is 18.9. The molecule has 1 aliphatic heterocycles. The summed E-state index contributed by atoms with van der Waals surface area (Å²) in [5, 5.41) is 14.3. The summed E-state index contributed by atoms with van der Waals surface area (Å²) in [5.74, 6) is -0.566. The summed E-state index contributed by atoms with van der Waals surface area (Å²) in [6, 6.07) is 10.9. The van der Waals surface area contributed by atoms with E-state index in [1.165, 1.54) is 18.2 Å². The quantitative estimate of drug-likeness (QED) is 0.435. The van der Waals surface area contributed by atoms with E-state index in [0.29, 0.717) is 50.7 Å². The second kappa shape index (κ2) is 9.33. The lowest BCUT2D eigenvalue weighted by atomic mass is 10.1. The highest BCUT2D eigenvalue weighted by atomic mass is 19.1. The van der Waals surface area contributed by atoms with Gasteiger partial charge in [-0.15, -0.1) is 0 Å². The standard InChI is InChI=1S/C20H23FN4O4/c1-29-13-8-22-17-7-6-15(14-19(17)25(27)28)20(26)24-11-9-23(10-12-24)18-5-3-2-4-16(18)21/h2-7,14,22H,8-13H2,1H3. The van der Waals surface area contributed by atoms with Crippen molar-refractivity contribution in [2.45, 2.75) is 0 Å². The molecule has 0 bridgehead atoms. The van der Waals surface area contributed by atoms with Crippen LogP contribution in [-0.4, -0.2) is 62.2 Å². The number of nitro groups is 1. The molecule has 1 fully saturated rings. The molecule has 0 atom stereocenters. The molecule has 0 saturated carbocycles. The smallest absolute Gasteiger partial charge is 0.293 e. The molecule has 1 aliphatic rings. The van der Waals surface area contributed by atoms with Crippen LogP contribution < -0.4 is 10.2 Å². The van der Waals surface area contributed by atoms with E-state index in [1.54, 1.807) is 36.3 Å². The number of rotatable bonds is 7. The molecule has 1 amide bonds. The number of nitro benzene ring substituents is 1. The Morgan fingerprint density at radius 3 is 2.59 bits per heavy atom. The van der Waals surface area contributed by atoms with Crippen molar-refractivity contribution in [2.24, 2.45) is 0 Å². The predicted molar refractivity (Wildman–Crippen MR) is 108 cm³/mol. The molecular weight excluding hydrogens is 379 g/mol. The van der Waals surface area contributed by atoms with Crippen molar-refractivity contribution in [2.75, 3.05) is 56.7 Å². The summed E-state index contributed by atoms with van der Waals surface area (Å²) in [6.07, 6.45) is 0. The number of carbonyl (C=O) groups is 1. The number of carbonyl (C=O) groups excluding carboxylic acids is 1. The fraction of sp³-hybridized carbons (Fsp3) is 0.350. The Labute approximate surface area is 168 Å². The maximum absolute atomic E-state index is 14.0. The molecule has 2 aromatic carbocycles. The number of nitrogens with one attached hydrogen (secondary N) is 1. The molecule has 0 spiro atoms. The van der Waals surface area contributed by atoms with Crippen LogP contribution in [-0.2, 0) is 4.74 Å². The minimum atomic E-state index is -0.512. The highest BCUT2D eigenvalue weighted by Crippen LogP contribution is 2.27. The summed E-state index contributed by atoms with van der Waals surface area (Å²) in [4.78, 5) is 27.2. The van der Waals surface area contributed by atoms with Crippen LogP contribution in [0.3, 0.4) is 0 Å². The number of hydrogen-bond donors (Lipinski definition) is 1. The van der Waals surface area contributed by atoms with Gasteiger partial charge in [0.1, 0.15) is 11.5 Å². The first-order valence-corrected chi connectivity index (χ1v) is 9.31. The highest BCUT2D eigenvalue weighted by Gasteiger charge is 2.25. The van der Waals surface area contributed by atoms with Gasteiger partial charge in [-0.05, 0) is 24.3 Å². The second-order valence-corrected chi connectivity index (χ2v) is 6.64. The summed E-state index contributed by atoms with van der Waals surface area (Å²) in [6.45, 7) is 2.63. The second-order valence-electron chi connectivity index (χ2n) is 6.64. The Kier molecular flexibility index (Phi) is 6.61. The number of anilines is 2. The number of amides is 1. The molecule has 2 aromatic rings. The minimum Gasteiger partial charge on any atom is -0.383 e. The van der Waals surface area contributed by atoms with Crippen molar-refractivity contribution in [1.29, 1.82) is 0 Å². The molecule has 3 rings (SSSR count). The predicted octanol–water partition coefficient (Wildman–Crippen LogP) is 2.75. The van der Waals surface area contributed by atoms with Crippen molar-refractivity contribution in [3.05, 3.63) is 64.0 Å². The highest BCUT2D eigenvalue weighted by molar-refractivity contribution is 5.96. The van der Waals surface area contributed by atoms with Crippen molar-refractivity contribution >= 4 is 23.0 Å². The molecule has 154 valence electrons. The van der Waals surface area contributed by atoms with E-state index < -0.39 is 4.92 Å². The zero-order chi connectivity index (χ0) is 20.8. The van der Waals surface area contributed by atoms with Gasteiger partial charge in [-0.1, -0.05) is 12.1 Å². The van der Waals surface area contributed by atoms with Gasteiger partial charge in [-0.2, -0.15) is 0 Å². The van der Waals surface area contributed by atoms with Crippen LogP contribution in [0.4, 0.5) is 21.5 Å². The number of benzene rings is 2. The first kappa shape index (κ1) is 20.5. The lowest BCUT2D eigenvalue weighted by Crippen LogP contribution is -2.49. The Morgan fingerprint density at radius 2 is 1.93 bits per heavy atom. The maximum Gasteiger partial charge on any atom is 0.293 e. The SMILES string of the molecule is COCCNc1ccc(C(=O)N2CCN(c3ccccc3F)CC2)cc1[N+](=O)[O-]. The van der Waals surface area contributed by atoms with Crippen LogP contribution in [0.1, 0.15) is 10.4 Å². The third kappa shape index (κ3) is 4.80. The Morgan fingerprint density at radius 1 is 1.21 bits per heavy atom. The molecule has 0 unspecified atom stereocenters. The number of ether oxygens (including phenoxy) is 1. The van der Waals surface area contributed by atoms with E-state index in [4.69, 9.17) is 4.74 Å². The minimum absolute atomic E-state index is 0.156. The van der Waals surface area contributed by atoms with Crippen molar-refractivity contribution in [3.8, 4) is 0 Å². The monoisotopic (exact) mass is 402 g/mol. The molecule has 1 heterocycles. The molecule has 0 aliphatic carbocycles. The normalized spacial score (nSPS) is 14.0. The Bertz CT molecular complexity index is 885. The summed E-state index contributed by atoms with van der Waals surface area (Å²) >= 11 is 0. The van der Waals surface area contributed by atoms with E-state index in [2.05, 4.69) is 5.32 Å². The number of piperazine rings is 1. The van der Waals surface area contributed by atoms with Gasteiger partial charge < -0.3 is 19.9 Å². The average molecular weight is 402 g/mol. The van der Waals surface area contributed by atoms with Gasteiger partial charge in [0.05, 0.1) is 17.2 Å². The molecular formula is C20H23FN4O4. The number of para-hydroxylation sites is 1. The zero-order valence-electron chi connectivity index (χ0n) is 16.1. The summed E-state index contributed by atoms with van der Waals surface area (Å²) in [5.41, 5.74) is 0.958. The first-order valence-electron chi connectivity index (χ1n) is 9.31. The number of halogens is 1. The molecule has 1 N–H and O–H groups in total. The van der Waals surface area contributed by atoms with Crippen molar-refractivity contribution in [3.63, 3.8) is 0 Å². The number of nitrogens with zero attached hydrogens (tertiary/aromatic N) is 3. The lowest BCUT2D eigenvalue weighted by molar-refractivity contribution is -0.384. The van der Waals surface area contributed by atoms with Crippen LogP contribution in [0.15, 0.2) is 42.5 Å². The van der Waals surface area contributed by atoms with Crippen molar-refractivity contribution in [1.82, 2.24) is 4.90 Å². The van der Waals surface area contributed by atoms with E-state index in [-0.39, 0.29) is 23.0 Å². The van der Waals surface area contributed by atoms with Crippen molar-refractivity contribution < 1.29 is 18.8 Å². The fourth-order valence-electron chi connectivity index (χ4n) is 3.29. The van der Waals surface area contributed by atoms with Gasteiger partial charge in [0.25, 0.3) is 11.6 Å². The zero-order valence-corrected chi connectivity index (χ0v) is 16.1. The lowest BCUT2D eigenvalue weighted by Gasteiger charge is -2.36. The Balaban J connectivity index is 1.68. The van der Waals surface area contributed by atoms with Crippen LogP contribution in [0.5, 0.6) is 0 Å². The summed E-state index contributed by atoms with van der Waals surface area (Å²) in [7, 11) is 1.55. The molecule has 0 radical (unpaired) electrons. The molecule has 29 heavy (non-hydrogen) atoms. The van der Waals surface area contributed by atoms with E-state index in [0.717, 1.165) is 0 Å². The van der Waals surface area contributed by atoms with E-state index in [1.807, 2.05) is 4.90 Å². The van der Waals surface area contributed by atoms with Gasteiger partial charge in [-0.3, -0.25) is 14.9 Å². The molecule has 1 saturated heterocycles. The fourth-order valence-corrected chi connectivity index (χ4v) is 3.29. The van der Waals surface area contributed by atoms with Gasteiger partial charge in [0.15, 0.2) is 0 Å². The Hall–Kier alpha value is -3.20. The van der Waals surface area contributed by atoms with Crippen LogP contribution in [0.25, 0.3) is 0 Å². The molecule has 9 heteroatoms. The van der Waals surface area contributed by atoms with Gasteiger partial charge >= 0.3 is 0 Å². The maximum atomic E-state index is 14.0. The third-order valence-electron chi connectivity index (χ3n) is 4.82. The van der Waals surface area contributed by atoms with Crippen LogP contribution >= 0.6 is 0 Å². The van der Waals surface area contributed by atoms with Gasteiger partial charge in [-0.25, -0.2) is 4.39 Å². The topological polar surface area (TPSA) is 88.0 Å². The van der Waals surface area contributed by atoms with Crippen LogP contribution in [0, 0.1) is 15.9 Å². The molecule has 8 nitrogen and oxygen atoms in total. The largest absolute Gasteiger partial charge is 0.383 e. The first-order chi connectivity index (χ1) is 14.0. The number of methoxy groups -OCH3 is 1. The van der Waals surface area contributed by atoms with E-state index >= 15 is 0 Å². The molecule has 0 aromatic heterocycles. The van der Waals surface area contributed by atoms with E-state index in [9.17, 15) is 19.3 Å². The average Bonchev–Trinajstić information content (AvgIpc) is 2.74. The van der Waals surface area contributed by atoms with Gasteiger partial charge in [0.2, 0.25) is 0 Å². The third-order valence-corrected chi connectivity index (χ3v) is 4.82. The number of hydrogen-bond acceptors (Lipinski definition) is 6. The van der Waals surface area contributed by atoms with Crippen LogP contribution in [0.2, 0.25) is 0 Å².